The average molecular weight is 370 g/mol. The summed E-state index contributed by atoms with van der Waals surface area (Å²) >= 11 is 0. The molecule has 3 fully saturated rings. The van der Waals surface area contributed by atoms with Crippen molar-refractivity contribution in [3.8, 4) is 0 Å². The maximum absolute atomic E-state index is 12.8. The van der Waals surface area contributed by atoms with Crippen molar-refractivity contribution < 1.29 is 9.59 Å². The van der Waals surface area contributed by atoms with E-state index in [0.29, 0.717) is 18.5 Å². The van der Waals surface area contributed by atoms with Crippen molar-refractivity contribution in [2.45, 2.75) is 37.6 Å². The Balaban J connectivity index is 1.39. The molecular weight excluding hydrogens is 340 g/mol. The number of carbonyl (C=O) groups is 2. The molecule has 0 aromatic heterocycles. The van der Waals surface area contributed by atoms with E-state index in [1.165, 1.54) is 18.4 Å². The Morgan fingerprint density at radius 2 is 1.89 bits per heavy atom. The monoisotopic (exact) mass is 370 g/mol. The van der Waals surface area contributed by atoms with Crippen LogP contribution in [0.2, 0.25) is 0 Å². The number of hydrogen-bond donors (Lipinski definition) is 2. The van der Waals surface area contributed by atoms with Gasteiger partial charge in [-0.05, 0) is 43.4 Å². The minimum Gasteiger partial charge on any atom is -0.341 e. The van der Waals surface area contributed by atoms with E-state index in [1.54, 1.807) is 0 Å². The Labute approximate surface area is 161 Å². The molecule has 1 atom stereocenters. The second kappa shape index (κ2) is 8.40. The summed E-state index contributed by atoms with van der Waals surface area (Å²) in [5.41, 5.74) is 1.96. The van der Waals surface area contributed by atoms with Crippen LogP contribution in [0.25, 0.3) is 0 Å². The molecule has 1 aliphatic carbocycles. The highest BCUT2D eigenvalue weighted by Gasteiger charge is 2.27. The van der Waals surface area contributed by atoms with Gasteiger partial charge in [-0.15, -0.1) is 0 Å². The summed E-state index contributed by atoms with van der Waals surface area (Å²) < 4.78 is 0. The fourth-order valence-electron chi connectivity index (χ4n) is 4.08. The Kier molecular flexibility index (Phi) is 5.74. The first-order valence-electron chi connectivity index (χ1n) is 10.3. The smallest absolute Gasteiger partial charge is 0.253 e. The van der Waals surface area contributed by atoms with Gasteiger partial charge in [0.15, 0.2) is 0 Å². The van der Waals surface area contributed by atoms with E-state index in [9.17, 15) is 9.59 Å². The zero-order chi connectivity index (χ0) is 18.6. The van der Waals surface area contributed by atoms with Crippen LogP contribution in [0, 0.1) is 0 Å². The van der Waals surface area contributed by atoms with Crippen molar-refractivity contribution in [1.82, 2.24) is 20.4 Å². The highest BCUT2D eigenvalue weighted by molar-refractivity contribution is 5.94. The minimum absolute atomic E-state index is 0.121. The van der Waals surface area contributed by atoms with Gasteiger partial charge in [0.25, 0.3) is 5.91 Å². The maximum atomic E-state index is 12.8. The third-order valence-electron chi connectivity index (χ3n) is 5.90. The van der Waals surface area contributed by atoms with Gasteiger partial charge in [0.2, 0.25) is 5.91 Å². The molecule has 0 bridgehead atoms. The van der Waals surface area contributed by atoms with Crippen LogP contribution >= 0.6 is 0 Å². The van der Waals surface area contributed by atoms with Gasteiger partial charge in [-0.25, -0.2) is 0 Å². The minimum atomic E-state index is 0.121. The number of nitrogens with one attached hydrogen (secondary N) is 2. The van der Waals surface area contributed by atoms with Gasteiger partial charge in [-0.1, -0.05) is 12.1 Å². The zero-order valence-corrected chi connectivity index (χ0v) is 16.0. The molecule has 3 aliphatic rings. The normalized spacial score (nSPS) is 23.3. The first-order chi connectivity index (χ1) is 13.2. The van der Waals surface area contributed by atoms with Crippen LogP contribution in [-0.2, 0) is 4.79 Å². The Morgan fingerprint density at radius 3 is 2.67 bits per heavy atom. The molecule has 6 heteroatoms. The summed E-state index contributed by atoms with van der Waals surface area (Å²) in [7, 11) is 0. The fraction of sp³-hybridized carbons (Fsp3) is 0.619. The van der Waals surface area contributed by atoms with Crippen molar-refractivity contribution in [3.05, 3.63) is 35.4 Å². The van der Waals surface area contributed by atoms with Gasteiger partial charge in [0, 0.05) is 56.8 Å². The number of hydrogen-bond acceptors (Lipinski definition) is 4. The fourth-order valence-corrected chi connectivity index (χ4v) is 4.08. The van der Waals surface area contributed by atoms with Crippen LogP contribution < -0.4 is 10.6 Å². The van der Waals surface area contributed by atoms with Crippen LogP contribution in [0.5, 0.6) is 0 Å². The highest BCUT2D eigenvalue weighted by atomic mass is 16.2. The first kappa shape index (κ1) is 18.4. The highest BCUT2D eigenvalue weighted by Crippen LogP contribution is 2.28. The molecule has 2 saturated heterocycles. The van der Waals surface area contributed by atoms with Gasteiger partial charge < -0.3 is 20.4 Å². The molecule has 0 radical (unpaired) electrons. The lowest BCUT2D eigenvalue weighted by molar-refractivity contribution is -0.131. The molecular formula is C21H30N4O2. The zero-order valence-electron chi connectivity index (χ0n) is 16.0. The molecule has 2 amide bonds. The molecule has 0 spiro atoms. The molecule has 1 saturated carbocycles. The summed E-state index contributed by atoms with van der Waals surface area (Å²) in [6, 6.07) is 8.61. The summed E-state index contributed by atoms with van der Waals surface area (Å²) in [4.78, 5) is 29.2. The standard InChI is InChI=1S/C21H30N4O2/c26-20(14-23-19-6-7-19)25-10-2-5-18(15-25)16-3-1-4-17(13-16)21(27)24-11-8-22-9-12-24/h1,3-4,13,18-19,22-23H,2,5-12,14-15H2. The molecule has 1 aromatic rings. The largest absolute Gasteiger partial charge is 0.341 e. The van der Waals surface area contributed by atoms with Gasteiger partial charge in [0.05, 0.1) is 6.54 Å². The molecule has 27 heavy (non-hydrogen) atoms. The van der Waals surface area contributed by atoms with Gasteiger partial charge in [-0.3, -0.25) is 9.59 Å². The topological polar surface area (TPSA) is 64.7 Å². The molecule has 4 rings (SSSR count). The second-order valence-electron chi connectivity index (χ2n) is 8.00. The third-order valence-corrected chi connectivity index (χ3v) is 5.90. The predicted molar refractivity (Wildman–Crippen MR) is 105 cm³/mol. The first-order valence-corrected chi connectivity index (χ1v) is 10.3. The number of piperidine rings is 1. The summed E-state index contributed by atoms with van der Waals surface area (Å²) in [6.07, 6.45) is 4.49. The Bertz CT molecular complexity index is 683. The predicted octanol–water partition coefficient (Wildman–Crippen LogP) is 1.19. The van der Waals surface area contributed by atoms with Crippen LogP contribution in [0.3, 0.4) is 0 Å². The summed E-state index contributed by atoms with van der Waals surface area (Å²) in [5, 5.41) is 6.61. The number of likely N-dealkylation sites (tertiary alicyclic amines) is 1. The number of carbonyl (C=O) groups excluding carboxylic acids is 2. The van der Waals surface area contributed by atoms with Crippen molar-refractivity contribution in [2.24, 2.45) is 0 Å². The lowest BCUT2D eigenvalue weighted by atomic mass is 9.89. The Morgan fingerprint density at radius 1 is 1.07 bits per heavy atom. The number of benzene rings is 1. The molecule has 2 heterocycles. The molecule has 1 aromatic carbocycles. The van der Waals surface area contributed by atoms with Crippen molar-refractivity contribution in [1.29, 1.82) is 0 Å². The van der Waals surface area contributed by atoms with E-state index in [1.807, 2.05) is 28.0 Å². The van der Waals surface area contributed by atoms with E-state index in [0.717, 1.165) is 57.7 Å². The molecule has 146 valence electrons. The molecule has 2 aliphatic heterocycles. The number of nitrogens with zero attached hydrogens (tertiary/aromatic N) is 2. The molecule has 2 N–H and O–H groups in total. The number of piperazine rings is 1. The molecule has 1 unspecified atom stereocenters. The number of rotatable bonds is 5. The van der Waals surface area contributed by atoms with Crippen molar-refractivity contribution >= 4 is 11.8 Å². The third kappa shape index (κ3) is 4.68. The lowest BCUT2D eigenvalue weighted by Gasteiger charge is -2.33. The van der Waals surface area contributed by atoms with Gasteiger partial charge in [-0.2, -0.15) is 0 Å². The van der Waals surface area contributed by atoms with E-state index in [-0.39, 0.29) is 11.8 Å². The van der Waals surface area contributed by atoms with Gasteiger partial charge >= 0.3 is 0 Å². The quantitative estimate of drug-likeness (QED) is 0.817. The van der Waals surface area contributed by atoms with Crippen LogP contribution in [0.1, 0.15) is 47.5 Å². The number of amides is 2. The van der Waals surface area contributed by atoms with Crippen molar-refractivity contribution in [3.63, 3.8) is 0 Å². The average Bonchev–Trinajstić information content (AvgIpc) is 3.57. The van der Waals surface area contributed by atoms with E-state index >= 15 is 0 Å². The summed E-state index contributed by atoms with van der Waals surface area (Å²) in [6.45, 7) is 5.32. The van der Waals surface area contributed by atoms with E-state index < -0.39 is 0 Å². The van der Waals surface area contributed by atoms with Crippen molar-refractivity contribution in [2.75, 3.05) is 45.8 Å². The summed E-state index contributed by atoms with van der Waals surface area (Å²) in [5.74, 6) is 0.648. The Hall–Kier alpha value is -1.92. The van der Waals surface area contributed by atoms with E-state index in [4.69, 9.17) is 0 Å². The molecule has 6 nitrogen and oxygen atoms in total. The second-order valence-corrected chi connectivity index (χ2v) is 8.00. The van der Waals surface area contributed by atoms with E-state index in [2.05, 4.69) is 16.7 Å². The maximum Gasteiger partial charge on any atom is 0.253 e. The SMILES string of the molecule is O=C(CNC1CC1)N1CCCC(c2cccc(C(=O)N3CCNCC3)c2)C1. The van der Waals surface area contributed by atoms with Gasteiger partial charge in [0.1, 0.15) is 0 Å². The lowest BCUT2D eigenvalue weighted by Crippen LogP contribution is -2.46. The van der Waals surface area contributed by atoms with Crippen LogP contribution in [0.4, 0.5) is 0 Å². The van der Waals surface area contributed by atoms with Crippen LogP contribution in [-0.4, -0.2) is 73.5 Å². The van der Waals surface area contributed by atoms with Crippen LogP contribution in [0.15, 0.2) is 24.3 Å².